The first kappa shape index (κ1) is 16.5. The number of benzene rings is 1. The lowest BCUT2D eigenvalue weighted by atomic mass is 10.1. The molecule has 0 radical (unpaired) electrons. The van der Waals surface area contributed by atoms with Gasteiger partial charge in [0.15, 0.2) is 5.43 Å². The first-order chi connectivity index (χ1) is 11.6. The molecule has 0 fully saturated rings. The second-order valence-corrected chi connectivity index (χ2v) is 6.21. The lowest BCUT2D eigenvalue weighted by molar-refractivity contribution is 0.299. The quantitative estimate of drug-likeness (QED) is 0.517. The van der Waals surface area contributed by atoms with Crippen LogP contribution in [0.15, 0.2) is 47.5 Å². The summed E-state index contributed by atoms with van der Waals surface area (Å²) in [5.74, 6) is 0.953. The number of aryl methyl sites for hydroxylation is 3. The van der Waals surface area contributed by atoms with Crippen LogP contribution in [0.2, 0.25) is 5.15 Å². The van der Waals surface area contributed by atoms with Gasteiger partial charge in [0.1, 0.15) is 10.9 Å². The molecule has 0 amide bonds. The van der Waals surface area contributed by atoms with Gasteiger partial charge in [0.2, 0.25) is 0 Å². The normalized spacial score (nSPS) is 11.0. The van der Waals surface area contributed by atoms with E-state index in [1.165, 1.54) is 6.20 Å². The molecule has 0 bridgehead atoms. The maximum absolute atomic E-state index is 11.9. The van der Waals surface area contributed by atoms with Gasteiger partial charge in [-0.15, -0.1) is 0 Å². The van der Waals surface area contributed by atoms with Gasteiger partial charge in [-0.1, -0.05) is 29.8 Å². The zero-order valence-corrected chi connectivity index (χ0v) is 14.5. The monoisotopic (exact) mass is 342 g/mol. The van der Waals surface area contributed by atoms with E-state index in [-0.39, 0.29) is 5.43 Å². The number of hydrogen-bond acceptors (Lipinski definition) is 3. The van der Waals surface area contributed by atoms with Crippen LogP contribution in [0.4, 0.5) is 0 Å². The first-order valence-electron chi connectivity index (χ1n) is 7.90. The summed E-state index contributed by atoms with van der Waals surface area (Å²) >= 11 is 5.97. The number of fused-ring (bicyclic) bond motifs is 1. The van der Waals surface area contributed by atoms with Gasteiger partial charge in [0.05, 0.1) is 17.5 Å². The van der Waals surface area contributed by atoms with Crippen LogP contribution in [0.5, 0.6) is 5.75 Å². The highest BCUT2D eigenvalue weighted by Crippen LogP contribution is 2.22. The van der Waals surface area contributed by atoms with Gasteiger partial charge in [-0.25, -0.2) is 4.98 Å². The fraction of sp³-hybridized carbons (Fsp3) is 0.263. The lowest BCUT2D eigenvalue weighted by Gasteiger charge is -2.13. The van der Waals surface area contributed by atoms with Crippen LogP contribution < -0.4 is 10.2 Å². The van der Waals surface area contributed by atoms with Crippen molar-refractivity contribution in [1.29, 1.82) is 0 Å². The zero-order valence-electron chi connectivity index (χ0n) is 13.8. The number of halogens is 1. The van der Waals surface area contributed by atoms with Crippen molar-refractivity contribution >= 4 is 22.5 Å². The standard InChI is InChI=1S/C19H19ClN2O2/c1-13-5-3-6-14(2)19(13)24-10-4-8-22-9-7-17(23)15-12-21-18(20)11-16(15)22/h3,5-7,9,11-12H,4,8,10H2,1-2H3. The summed E-state index contributed by atoms with van der Waals surface area (Å²) in [7, 11) is 0. The van der Waals surface area contributed by atoms with Crippen LogP contribution in [0.25, 0.3) is 10.9 Å². The van der Waals surface area contributed by atoms with E-state index in [1.54, 1.807) is 18.3 Å². The molecular weight excluding hydrogens is 324 g/mol. The molecule has 2 aromatic heterocycles. The number of rotatable bonds is 5. The van der Waals surface area contributed by atoms with Crippen molar-refractivity contribution < 1.29 is 4.74 Å². The molecule has 1 aromatic carbocycles. The fourth-order valence-electron chi connectivity index (χ4n) is 2.81. The van der Waals surface area contributed by atoms with Crippen LogP contribution in [-0.4, -0.2) is 16.2 Å². The number of ether oxygens (including phenoxy) is 1. The van der Waals surface area contributed by atoms with Gasteiger partial charge in [-0.3, -0.25) is 4.79 Å². The average Bonchev–Trinajstić information content (AvgIpc) is 2.55. The third kappa shape index (κ3) is 3.44. The minimum absolute atomic E-state index is 0.0443. The largest absolute Gasteiger partial charge is 0.493 e. The maximum atomic E-state index is 11.9. The molecule has 5 heteroatoms. The Balaban J connectivity index is 1.71. The molecule has 124 valence electrons. The molecule has 0 atom stereocenters. The smallest absolute Gasteiger partial charge is 0.190 e. The van der Waals surface area contributed by atoms with Gasteiger partial charge >= 0.3 is 0 Å². The van der Waals surface area contributed by atoms with Crippen molar-refractivity contribution in [2.75, 3.05) is 6.61 Å². The topological polar surface area (TPSA) is 44.1 Å². The Hall–Kier alpha value is -2.33. The minimum Gasteiger partial charge on any atom is -0.493 e. The van der Waals surface area contributed by atoms with Crippen molar-refractivity contribution in [3.05, 3.63) is 69.2 Å². The molecule has 0 N–H and O–H groups in total. The summed E-state index contributed by atoms with van der Waals surface area (Å²) in [5.41, 5.74) is 3.04. The Morgan fingerprint density at radius 2 is 1.96 bits per heavy atom. The van der Waals surface area contributed by atoms with Crippen molar-refractivity contribution in [3.63, 3.8) is 0 Å². The van der Waals surface area contributed by atoms with Gasteiger partial charge < -0.3 is 9.30 Å². The van der Waals surface area contributed by atoms with E-state index in [9.17, 15) is 4.79 Å². The minimum atomic E-state index is -0.0443. The second kappa shape index (κ2) is 7.05. The third-order valence-corrected chi connectivity index (χ3v) is 4.23. The first-order valence-corrected chi connectivity index (χ1v) is 8.28. The van der Waals surface area contributed by atoms with Crippen molar-refractivity contribution in [2.45, 2.75) is 26.8 Å². The van der Waals surface area contributed by atoms with E-state index in [1.807, 2.05) is 36.6 Å². The summed E-state index contributed by atoms with van der Waals surface area (Å²) in [5, 5.41) is 0.964. The molecule has 24 heavy (non-hydrogen) atoms. The molecule has 4 nitrogen and oxygen atoms in total. The molecule has 2 heterocycles. The van der Waals surface area contributed by atoms with E-state index in [0.717, 1.165) is 35.4 Å². The third-order valence-electron chi connectivity index (χ3n) is 4.03. The summed E-state index contributed by atoms with van der Waals surface area (Å²) in [6, 6.07) is 9.41. The van der Waals surface area contributed by atoms with Crippen molar-refractivity contribution in [2.24, 2.45) is 0 Å². The SMILES string of the molecule is Cc1cccc(C)c1OCCCn1ccc(=O)c2cnc(Cl)cc21. The average molecular weight is 343 g/mol. The highest BCUT2D eigenvalue weighted by molar-refractivity contribution is 6.29. The molecule has 3 aromatic rings. The zero-order chi connectivity index (χ0) is 17.1. The summed E-state index contributed by atoms with van der Waals surface area (Å²) in [6.45, 7) is 5.44. The van der Waals surface area contributed by atoms with Crippen LogP contribution in [0.3, 0.4) is 0 Å². The van der Waals surface area contributed by atoms with E-state index in [2.05, 4.69) is 4.98 Å². The van der Waals surface area contributed by atoms with E-state index in [0.29, 0.717) is 17.1 Å². The number of nitrogens with zero attached hydrogens (tertiary/aromatic N) is 2. The molecule has 0 aliphatic rings. The number of hydrogen-bond donors (Lipinski definition) is 0. The van der Waals surface area contributed by atoms with Crippen LogP contribution in [0.1, 0.15) is 17.5 Å². The molecule has 0 saturated carbocycles. The summed E-state index contributed by atoms with van der Waals surface area (Å²) < 4.78 is 7.95. The van der Waals surface area contributed by atoms with E-state index < -0.39 is 0 Å². The molecule has 0 spiro atoms. The predicted octanol–water partition coefficient (Wildman–Crippen LogP) is 4.14. The van der Waals surface area contributed by atoms with Gasteiger partial charge in [0.25, 0.3) is 0 Å². The fourth-order valence-corrected chi connectivity index (χ4v) is 2.96. The number of aromatic nitrogens is 2. The van der Waals surface area contributed by atoms with Crippen molar-refractivity contribution in [3.8, 4) is 5.75 Å². The summed E-state index contributed by atoms with van der Waals surface area (Å²) in [4.78, 5) is 15.9. The van der Waals surface area contributed by atoms with Crippen LogP contribution in [-0.2, 0) is 6.54 Å². The van der Waals surface area contributed by atoms with Crippen LogP contribution in [0, 0.1) is 13.8 Å². The van der Waals surface area contributed by atoms with Crippen LogP contribution >= 0.6 is 11.6 Å². The predicted molar refractivity (Wildman–Crippen MR) is 97.0 cm³/mol. The molecule has 0 unspecified atom stereocenters. The highest BCUT2D eigenvalue weighted by Gasteiger charge is 2.06. The second-order valence-electron chi connectivity index (χ2n) is 5.82. The Bertz CT molecular complexity index is 914. The van der Waals surface area contributed by atoms with Crippen molar-refractivity contribution in [1.82, 2.24) is 9.55 Å². The summed E-state index contributed by atoms with van der Waals surface area (Å²) in [6.07, 6.45) is 4.15. The molecule has 3 rings (SSSR count). The number of pyridine rings is 2. The Morgan fingerprint density at radius 1 is 1.21 bits per heavy atom. The van der Waals surface area contributed by atoms with E-state index >= 15 is 0 Å². The molecule has 0 saturated heterocycles. The Kier molecular flexibility index (Phi) is 4.86. The molecule has 0 aliphatic heterocycles. The molecule has 0 aliphatic carbocycles. The lowest BCUT2D eigenvalue weighted by Crippen LogP contribution is -2.11. The van der Waals surface area contributed by atoms with Gasteiger partial charge in [0, 0.05) is 25.0 Å². The Morgan fingerprint density at radius 3 is 2.71 bits per heavy atom. The maximum Gasteiger partial charge on any atom is 0.190 e. The highest BCUT2D eigenvalue weighted by atomic mass is 35.5. The molecular formula is C19H19ClN2O2. The van der Waals surface area contributed by atoms with Gasteiger partial charge in [-0.2, -0.15) is 0 Å². The number of para-hydroxylation sites is 1. The Labute approximate surface area is 145 Å². The van der Waals surface area contributed by atoms with Gasteiger partial charge in [-0.05, 0) is 37.5 Å². The van der Waals surface area contributed by atoms with E-state index in [4.69, 9.17) is 16.3 Å².